The van der Waals surface area contributed by atoms with Crippen LogP contribution in [0.1, 0.15) is 52.0 Å². The number of allylic oxidation sites excluding steroid dienone is 3. The van der Waals surface area contributed by atoms with Gasteiger partial charge in [-0.1, -0.05) is 26.8 Å². The van der Waals surface area contributed by atoms with Crippen molar-refractivity contribution in [3.8, 4) is 11.5 Å². The molecule has 3 rings (SSSR count). The van der Waals surface area contributed by atoms with Crippen molar-refractivity contribution >= 4 is 23.5 Å². The van der Waals surface area contributed by atoms with Gasteiger partial charge >= 0.3 is 5.97 Å². The van der Waals surface area contributed by atoms with Gasteiger partial charge in [-0.25, -0.2) is 4.79 Å². The molecule has 0 bridgehead atoms. The van der Waals surface area contributed by atoms with Gasteiger partial charge in [0.25, 0.3) is 0 Å². The summed E-state index contributed by atoms with van der Waals surface area (Å²) >= 11 is 1.71. The largest absolute Gasteiger partial charge is 0.493 e. The molecule has 0 spiro atoms. The van der Waals surface area contributed by atoms with Crippen LogP contribution in [0.15, 0.2) is 40.7 Å². The monoisotopic (exact) mass is 489 g/mol. The minimum absolute atomic E-state index is 0.0302. The maximum absolute atomic E-state index is 13.4. The highest BCUT2D eigenvalue weighted by molar-refractivity contribution is 7.99. The first-order valence-corrected chi connectivity index (χ1v) is 12.8. The molecule has 7 nitrogen and oxygen atoms in total. The van der Waals surface area contributed by atoms with Crippen molar-refractivity contribution in [2.45, 2.75) is 46.5 Å². The molecular weight excluding hydrogens is 454 g/mol. The van der Waals surface area contributed by atoms with Gasteiger partial charge < -0.3 is 24.6 Å². The van der Waals surface area contributed by atoms with Crippen LogP contribution in [-0.2, 0) is 14.3 Å². The predicted octanol–water partition coefficient (Wildman–Crippen LogP) is 3.97. The Bertz CT molecular complexity index is 997. The maximum atomic E-state index is 13.4. The Morgan fingerprint density at radius 1 is 1.24 bits per heavy atom. The molecule has 1 aliphatic carbocycles. The molecule has 1 aromatic rings. The summed E-state index contributed by atoms with van der Waals surface area (Å²) in [6, 6.07) is 5.39. The zero-order chi connectivity index (χ0) is 24.9. The first kappa shape index (κ1) is 26.2. The number of aliphatic hydroxyl groups excluding tert-OH is 1. The fourth-order valence-electron chi connectivity index (χ4n) is 4.59. The summed E-state index contributed by atoms with van der Waals surface area (Å²) in [6.07, 6.45) is 1.12. The highest BCUT2D eigenvalue weighted by atomic mass is 32.2. The molecule has 1 heterocycles. The van der Waals surface area contributed by atoms with Crippen LogP contribution in [0.2, 0.25) is 0 Å². The number of rotatable bonds is 10. The van der Waals surface area contributed by atoms with E-state index < -0.39 is 11.9 Å². The molecule has 0 unspecified atom stereocenters. The van der Waals surface area contributed by atoms with Gasteiger partial charge in [-0.3, -0.25) is 4.79 Å². The van der Waals surface area contributed by atoms with E-state index in [1.54, 1.807) is 23.9 Å². The van der Waals surface area contributed by atoms with Crippen molar-refractivity contribution in [3.63, 3.8) is 0 Å². The number of carbonyl (C=O) groups is 2. The van der Waals surface area contributed by atoms with Crippen molar-refractivity contribution in [1.82, 2.24) is 5.32 Å². The number of hydrogen-bond acceptors (Lipinski definition) is 8. The SMILES string of the molecule is CCSCCOC(=O)C1=C(C)NC2=C(C(=O)CC(C)(C)C2)[C@H]1c1ccc(OCCO)c(OC)c1. The van der Waals surface area contributed by atoms with E-state index in [1.165, 1.54) is 7.11 Å². The lowest BCUT2D eigenvalue weighted by Gasteiger charge is -2.39. The van der Waals surface area contributed by atoms with E-state index in [4.69, 9.17) is 19.3 Å². The Morgan fingerprint density at radius 3 is 2.68 bits per heavy atom. The van der Waals surface area contributed by atoms with E-state index in [0.717, 1.165) is 22.8 Å². The third kappa shape index (κ3) is 5.78. The van der Waals surface area contributed by atoms with Crippen LogP contribution in [-0.4, -0.2) is 55.3 Å². The maximum Gasteiger partial charge on any atom is 0.336 e. The number of aliphatic hydroxyl groups is 1. The highest BCUT2D eigenvalue weighted by Gasteiger charge is 2.43. The number of hydrogen-bond donors (Lipinski definition) is 2. The molecule has 0 fully saturated rings. The number of benzene rings is 1. The summed E-state index contributed by atoms with van der Waals surface area (Å²) < 4.78 is 16.7. The Labute approximate surface area is 205 Å². The first-order valence-electron chi connectivity index (χ1n) is 11.6. The molecule has 1 atom stereocenters. The lowest BCUT2D eigenvalue weighted by molar-refractivity contribution is -0.138. The second-order valence-corrected chi connectivity index (χ2v) is 10.6. The predicted molar refractivity (Wildman–Crippen MR) is 133 cm³/mol. The van der Waals surface area contributed by atoms with E-state index in [1.807, 2.05) is 13.0 Å². The van der Waals surface area contributed by atoms with Crippen molar-refractivity contribution in [2.24, 2.45) is 5.41 Å². The molecule has 1 aliphatic heterocycles. The normalized spacial score (nSPS) is 19.5. The van der Waals surface area contributed by atoms with Gasteiger partial charge in [0.2, 0.25) is 0 Å². The summed E-state index contributed by atoms with van der Waals surface area (Å²) in [4.78, 5) is 26.7. The first-order chi connectivity index (χ1) is 16.2. The van der Waals surface area contributed by atoms with Crippen LogP contribution >= 0.6 is 11.8 Å². The zero-order valence-electron chi connectivity index (χ0n) is 20.7. The third-order valence-electron chi connectivity index (χ3n) is 5.99. The number of carbonyl (C=O) groups excluding carboxylic acids is 2. The lowest BCUT2D eigenvalue weighted by Crippen LogP contribution is -2.38. The Balaban J connectivity index is 2.06. The standard InChI is InChI=1S/C26H35NO6S/c1-6-34-12-11-33-25(30)22-16(2)27-18-14-26(3,4)15-19(29)24(18)23(22)17-7-8-20(32-10-9-28)21(13-17)31-5/h7-8,13,23,27-28H,6,9-12,14-15H2,1-5H3/t23-/m0/s1. The quantitative estimate of drug-likeness (QED) is 0.377. The second kappa shape index (κ2) is 11.3. The summed E-state index contributed by atoms with van der Waals surface area (Å²) in [5.74, 6) is 1.68. The lowest BCUT2D eigenvalue weighted by atomic mass is 9.68. The van der Waals surface area contributed by atoms with Crippen LogP contribution in [0.5, 0.6) is 11.5 Å². The molecule has 1 aromatic carbocycles. The molecule has 2 aliphatic rings. The molecule has 186 valence electrons. The molecule has 0 saturated carbocycles. The van der Waals surface area contributed by atoms with Gasteiger partial charge in [0.05, 0.1) is 19.3 Å². The van der Waals surface area contributed by atoms with Gasteiger partial charge in [0.15, 0.2) is 17.3 Å². The van der Waals surface area contributed by atoms with Crippen LogP contribution < -0.4 is 14.8 Å². The van der Waals surface area contributed by atoms with Gasteiger partial charge in [0.1, 0.15) is 13.2 Å². The molecule has 0 radical (unpaired) electrons. The van der Waals surface area contributed by atoms with E-state index in [0.29, 0.717) is 47.8 Å². The fraction of sp³-hybridized carbons (Fsp3) is 0.538. The van der Waals surface area contributed by atoms with E-state index >= 15 is 0 Å². The number of nitrogens with one attached hydrogen (secondary N) is 1. The highest BCUT2D eigenvalue weighted by Crippen LogP contribution is 2.47. The number of dihydropyridines is 1. The molecule has 8 heteroatoms. The number of Topliss-reactive ketones (excluding diaryl/α,β-unsaturated/α-hetero) is 1. The molecule has 0 aromatic heterocycles. The van der Waals surface area contributed by atoms with Gasteiger partial charge in [-0.15, -0.1) is 0 Å². The summed E-state index contributed by atoms with van der Waals surface area (Å²) in [5, 5.41) is 12.5. The number of ketones is 1. The molecule has 0 saturated heterocycles. The van der Waals surface area contributed by atoms with E-state index in [-0.39, 0.29) is 24.4 Å². The molecule has 2 N–H and O–H groups in total. The number of thioether (sulfide) groups is 1. The average molecular weight is 490 g/mol. The number of methoxy groups -OCH3 is 1. The topological polar surface area (TPSA) is 94.1 Å². The van der Waals surface area contributed by atoms with Crippen molar-refractivity contribution < 1.29 is 28.9 Å². The molecule has 0 amide bonds. The Kier molecular flexibility index (Phi) is 8.71. The number of esters is 1. The van der Waals surface area contributed by atoms with Crippen LogP contribution in [0.25, 0.3) is 0 Å². The van der Waals surface area contributed by atoms with Crippen molar-refractivity contribution in [1.29, 1.82) is 0 Å². The fourth-order valence-corrected chi connectivity index (χ4v) is 5.08. The summed E-state index contributed by atoms with van der Waals surface area (Å²) in [5.41, 5.74) is 3.21. The number of ether oxygens (including phenoxy) is 3. The van der Waals surface area contributed by atoms with E-state index in [9.17, 15) is 9.59 Å². The average Bonchev–Trinajstić information content (AvgIpc) is 2.78. The van der Waals surface area contributed by atoms with Crippen LogP contribution in [0.4, 0.5) is 0 Å². The van der Waals surface area contributed by atoms with Crippen molar-refractivity contribution in [2.75, 3.05) is 38.4 Å². The summed E-state index contributed by atoms with van der Waals surface area (Å²) in [7, 11) is 1.54. The van der Waals surface area contributed by atoms with Gasteiger partial charge in [0, 0.05) is 35.1 Å². The molecular formula is C26H35NO6S. The van der Waals surface area contributed by atoms with Crippen LogP contribution in [0, 0.1) is 5.41 Å². The zero-order valence-corrected chi connectivity index (χ0v) is 21.5. The van der Waals surface area contributed by atoms with Gasteiger partial charge in [-0.2, -0.15) is 11.8 Å². The van der Waals surface area contributed by atoms with Crippen molar-refractivity contribution in [3.05, 3.63) is 46.3 Å². The third-order valence-corrected chi connectivity index (χ3v) is 6.86. The minimum Gasteiger partial charge on any atom is -0.493 e. The smallest absolute Gasteiger partial charge is 0.336 e. The van der Waals surface area contributed by atoms with Gasteiger partial charge in [-0.05, 0) is 42.2 Å². The van der Waals surface area contributed by atoms with Crippen LogP contribution in [0.3, 0.4) is 0 Å². The Hall–Kier alpha value is -2.45. The second-order valence-electron chi connectivity index (χ2n) is 9.25. The summed E-state index contributed by atoms with van der Waals surface area (Å²) in [6.45, 7) is 8.41. The molecule has 34 heavy (non-hydrogen) atoms. The van der Waals surface area contributed by atoms with E-state index in [2.05, 4.69) is 26.1 Å². The Morgan fingerprint density at radius 2 is 2.00 bits per heavy atom. The minimum atomic E-state index is -0.563.